The molecule has 8 heteroatoms. The van der Waals surface area contributed by atoms with Crippen molar-refractivity contribution >= 4 is 17.5 Å². The van der Waals surface area contributed by atoms with Crippen LogP contribution in [0.15, 0.2) is 18.5 Å². The second-order valence-corrected chi connectivity index (χ2v) is 2.82. The average Bonchev–Trinajstić information content (AvgIpc) is 2.77. The Morgan fingerprint density at radius 3 is 3.13 bits per heavy atom. The van der Waals surface area contributed by atoms with Crippen molar-refractivity contribution in [3.63, 3.8) is 0 Å². The monoisotopic (exact) mass is 207 g/mol. The van der Waals surface area contributed by atoms with E-state index in [1.54, 1.807) is 12.3 Å². The summed E-state index contributed by atoms with van der Waals surface area (Å²) in [6.07, 6.45) is 2.92. The van der Waals surface area contributed by atoms with Gasteiger partial charge >= 0.3 is 0 Å². The maximum Gasteiger partial charge on any atom is 0.249 e. The molecule has 4 N–H and O–H groups in total. The maximum atomic E-state index is 11.4. The van der Waals surface area contributed by atoms with E-state index in [4.69, 9.17) is 5.73 Å². The summed E-state index contributed by atoms with van der Waals surface area (Å²) in [4.78, 5) is 12.6. The summed E-state index contributed by atoms with van der Waals surface area (Å²) in [6.45, 7) is 0.0101. The summed E-state index contributed by atoms with van der Waals surface area (Å²) in [7, 11) is 0. The Morgan fingerprint density at radius 2 is 2.53 bits per heavy atom. The summed E-state index contributed by atoms with van der Waals surface area (Å²) in [6, 6.07) is 1.64. The van der Waals surface area contributed by atoms with Crippen LogP contribution >= 0.6 is 0 Å². The molecule has 0 saturated carbocycles. The Hall–Kier alpha value is -2.38. The second kappa shape index (κ2) is 3.78. The van der Waals surface area contributed by atoms with Gasteiger partial charge in [-0.2, -0.15) is 15.0 Å². The lowest BCUT2D eigenvalue weighted by molar-refractivity contribution is -0.117. The molecule has 0 atom stereocenters. The number of anilines is 2. The highest BCUT2D eigenvalue weighted by Crippen LogP contribution is 1.98. The van der Waals surface area contributed by atoms with Crippen molar-refractivity contribution in [3.8, 4) is 0 Å². The molecule has 2 heterocycles. The molecule has 0 spiro atoms. The smallest absolute Gasteiger partial charge is 0.249 e. The molecule has 0 bridgehead atoms. The van der Waals surface area contributed by atoms with Crippen LogP contribution in [0.5, 0.6) is 0 Å². The van der Waals surface area contributed by atoms with Crippen molar-refractivity contribution in [2.45, 2.75) is 6.54 Å². The minimum Gasteiger partial charge on any atom is -0.381 e. The Balaban J connectivity index is 1.93. The Morgan fingerprint density at radius 1 is 1.67 bits per heavy atom. The lowest BCUT2D eigenvalue weighted by Crippen LogP contribution is -2.20. The number of carbonyl (C=O) groups is 1. The predicted octanol–water partition coefficient (Wildman–Crippen LogP) is -0.778. The van der Waals surface area contributed by atoms with Crippen molar-refractivity contribution in [2.75, 3.05) is 11.1 Å². The summed E-state index contributed by atoms with van der Waals surface area (Å²) >= 11 is 0. The third kappa shape index (κ3) is 2.30. The van der Waals surface area contributed by atoms with E-state index in [1.807, 2.05) is 0 Å². The number of nitrogens with two attached hydrogens (primary N) is 1. The van der Waals surface area contributed by atoms with Crippen LogP contribution < -0.4 is 11.1 Å². The van der Waals surface area contributed by atoms with Crippen LogP contribution in [0.25, 0.3) is 0 Å². The van der Waals surface area contributed by atoms with Crippen LogP contribution in [-0.2, 0) is 11.3 Å². The number of H-pyrrole nitrogens is 1. The minimum atomic E-state index is -0.255. The third-order valence-corrected chi connectivity index (χ3v) is 1.61. The zero-order valence-electron chi connectivity index (χ0n) is 7.71. The molecule has 8 nitrogen and oxygen atoms in total. The molecule has 0 aliphatic heterocycles. The third-order valence-electron chi connectivity index (χ3n) is 1.61. The van der Waals surface area contributed by atoms with Crippen LogP contribution in [0.3, 0.4) is 0 Å². The fourth-order valence-electron chi connectivity index (χ4n) is 1.03. The number of amides is 1. The number of aromatic amines is 1. The molecule has 0 unspecified atom stereocenters. The standard InChI is InChI=1S/C7H9N7O/c8-5-3-10-14(13-5)4-7(15)11-6-1-2-9-12-6/h1-3H,4H2,(H2,8,13)(H2,9,11,12,15). The zero-order chi connectivity index (χ0) is 10.7. The van der Waals surface area contributed by atoms with Gasteiger partial charge in [0.1, 0.15) is 12.4 Å². The maximum absolute atomic E-state index is 11.4. The Labute approximate surface area is 84.5 Å². The van der Waals surface area contributed by atoms with Crippen molar-refractivity contribution in [3.05, 3.63) is 18.5 Å². The van der Waals surface area contributed by atoms with E-state index in [0.717, 1.165) is 0 Å². The SMILES string of the molecule is Nc1cnn(CC(=O)Nc2ccn[nH]2)n1. The molecular weight excluding hydrogens is 198 g/mol. The van der Waals surface area contributed by atoms with E-state index in [0.29, 0.717) is 5.82 Å². The van der Waals surface area contributed by atoms with E-state index < -0.39 is 0 Å². The number of rotatable bonds is 3. The van der Waals surface area contributed by atoms with Gasteiger partial charge in [0.15, 0.2) is 5.82 Å². The largest absolute Gasteiger partial charge is 0.381 e. The Kier molecular flexibility index (Phi) is 2.31. The first kappa shape index (κ1) is 9.19. The number of nitrogens with zero attached hydrogens (tertiary/aromatic N) is 4. The molecule has 0 saturated heterocycles. The lowest BCUT2D eigenvalue weighted by atomic mass is 10.5. The minimum absolute atomic E-state index is 0.0101. The first-order valence-corrected chi connectivity index (χ1v) is 4.19. The Bertz CT molecular complexity index is 446. The van der Waals surface area contributed by atoms with Gasteiger partial charge in [-0.25, -0.2) is 0 Å². The molecule has 2 rings (SSSR count). The molecule has 0 radical (unpaired) electrons. The van der Waals surface area contributed by atoms with Crippen LogP contribution in [-0.4, -0.2) is 31.1 Å². The normalized spacial score (nSPS) is 10.1. The fraction of sp³-hybridized carbons (Fsp3) is 0.143. The lowest BCUT2D eigenvalue weighted by Gasteiger charge is -2.00. The molecule has 2 aromatic rings. The number of nitrogens with one attached hydrogen (secondary N) is 2. The highest BCUT2D eigenvalue weighted by Gasteiger charge is 2.05. The van der Waals surface area contributed by atoms with Crippen LogP contribution in [0, 0.1) is 0 Å². The van der Waals surface area contributed by atoms with E-state index >= 15 is 0 Å². The molecule has 2 aromatic heterocycles. The van der Waals surface area contributed by atoms with Crippen molar-refractivity contribution < 1.29 is 4.79 Å². The topological polar surface area (TPSA) is 115 Å². The van der Waals surface area contributed by atoms with Gasteiger partial charge in [-0.3, -0.25) is 9.89 Å². The summed E-state index contributed by atoms with van der Waals surface area (Å²) in [5.41, 5.74) is 5.35. The molecule has 1 amide bonds. The van der Waals surface area contributed by atoms with E-state index in [2.05, 4.69) is 25.7 Å². The van der Waals surface area contributed by atoms with Gasteiger partial charge in [0.05, 0.1) is 12.4 Å². The fourth-order valence-corrected chi connectivity index (χ4v) is 1.03. The van der Waals surface area contributed by atoms with Gasteiger partial charge in [-0.1, -0.05) is 0 Å². The highest BCUT2D eigenvalue weighted by molar-refractivity contribution is 5.89. The zero-order valence-corrected chi connectivity index (χ0v) is 7.71. The van der Waals surface area contributed by atoms with E-state index in [1.165, 1.54) is 11.0 Å². The predicted molar refractivity (Wildman–Crippen MR) is 51.7 cm³/mol. The van der Waals surface area contributed by atoms with Gasteiger partial charge in [0, 0.05) is 6.07 Å². The summed E-state index contributed by atoms with van der Waals surface area (Å²) < 4.78 is 0. The molecule has 0 aliphatic carbocycles. The quantitative estimate of drug-likeness (QED) is 0.610. The molecule has 0 aromatic carbocycles. The average molecular weight is 207 g/mol. The molecular formula is C7H9N7O. The molecule has 0 fully saturated rings. The van der Waals surface area contributed by atoms with Gasteiger partial charge in [-0.15, -0.1) is 5.10 Å². The van der Waals surface area contributed by atoms with Gasteiger partial charge in [0.25, 0.3) is 0 Å². The van der Waals surface area contributed by atoms with Gasteiger partial charge in [0.2, 0.25) is 5.91 Å². The first-order chi connectivity index (χ1) is 7.24. The van der Waals surface area contributed by atoms with E-state index in [9.17, 15) is 4.79 Å². The number of nitrogen functional groups attached to an aromatic ring is 1. The van der Waals surface area contributed by atoms with Crippen molar-refractivity contribution in [1.29, 1.82) is 0 Å². The summed E-state index contributed by atoms with van der Waals surface area (Å²) in [5, 5.41) is 16.4. The molecule has 0 aliphatic rings. The molecule has 15 heavy (non-hydrogen) atoms. The second-order valence-electron chi connectivity index (χ2n) is 2.82. The first-order valence-electron chi connectivity index (χ1n) is 4.19. The van der Waals surface area contributed by atoms with E-state index in [-0.39, 0.29) is 18.3 Å². The highest BCUT2D eigenvalue weighted by atomic mass is 16.2. The molecule has 78 valence electrons. The number of hydrogen-bond donors (Lipinski definition) is 3. The van der Waals surface area contributed by atoms with Crippen molar-refractivity contribution in [2.24, 2.45) is 0 Å². The van der Waals surface area contributed by atoms with Crippen LogP contribution in [0.2, 0.25) is 0 Å². The number of carbonyl (C=O) groups excluding carboxylic acids is 1. The van der Waals surface area contributed by atoms with Crippen LogP contribution in [0.1, 0.15) is 0 Å². The van der Waals surface area contributed by atoms with Gasteiger partial charge in [-0.05, 0) is 0 Å². The van der Waals surface area contributed by atoms with Gasteiger partial charge < -0.3 is 11.1 Å². The number of aromatic nitrogens is 5. The van der Waals surface area contributed by atoms with Crippen molar-refractivity contribution in [1.82, 2.24) is 25.2 Å². The number of hydrogen-bond acceptors (Lipinski definition) is 5. The van der Waals surface area contributed by atoms with Crippen LogP contribution in [0.4, 0.5) is 11.6 Å². The summed E-state index contributed by atoms with van der Waals surface area (Å²) in [5.74, 6) is 0.555.